The zero-order chi connectivity index (χ0) is 15.5. The molecule has 0 saturated carbocycles. The Balaban J connectivity index is 2.25. The van der Waals surface area contributed by atoms with Gasteiger partial charge in [-0.1, -0.05) is 6.92 Å². The highest BCUT2D eigenvalue weighted by molar-refractivity contribution is 7.92. The molecule has 0 amide bonds. The minimum Gasteiger partial charge on any atom is -0.462 e. The number of ether oxygens (including phenoxy) is 1. The van der Waals surface area contributed by atoms with Crippen LogP contribution in [0.1, 0.15) is 30.0 Å². The summed E-state index contributed by atoms with van der Waals surface area (Å²) >= 11 is 1.11. The molecule has 0 radical (unpaired) electrons. The average Bonchev–Trinajstić information content (AvgIpc) is 3.07. The fourth-order valence-corrected chi connectivity index (χ4v) is 3.64. The van der Waals surface area contributed by atoms with Crippen molar-refractivity contribution in [2.45, 2.75) is 25.3 Å². The third kappa shape index (κ3) is 3.42. The molecule has 0 aliphatic rings. The van der Waals surface area contributed by atoms with Crippen molar-refractivity contribution in [3.05, 3.63) is 29.0 Å². The lowest BCUT2D eigenvalue weighted by atomic mass is 10.3. The van der Waals surface area contributed by atoms with E-state index in [1.165, 1.54) is 12.3 Å². The molecule has 0 fully saturated rings. The number of nitrogens with zero attached hydrogens (tertiary/aromatic N) is 1. The molecular formula is C12H15N3O4S2. The first-order chi connectivity index (χ1) is 9.97. The minimum atomic E-state index is -3.81. The second kappa shape index (κ2) is 6.27. The smallest absolute Gasteiger partial charge is 0.341 e. The van der Waals surface area contributed by atoms with Crippen molar-refractivity contribution >= 4 is 32.3 Å². The number of nitrogens with one attached hydrogen (secondary N) is 2. The van der Waals surface area contributed by atoms with E-state index in [-0.39, 0.29) is 22.2 Å². The molecule has 21 heavy (non-hydrogen) atoms. The number of hydrogen-bond acceptors (Lipinski definition) is 6. The van der Waals surface area contributed by atoms with E-state index in [2.05, 4.69) is 14.7 Å². The Bertz CT molecular complexity index is 733. The van der Waals surface area contributed by atoms with E-state index in [4.69, 9.17) is 4.74 Å². The number of aromatic nitrogens is 2. The summed E-state index contributed by atoms with van der Waals surface area (Å²) in [6, 6.07) is 1.52. The first kappa shape index (κ1) is 15.5. The standard InChI is InChI=1S/C12H15N3O4S2/c1-3-9-13-7-10(14-9)21(17,18)15-11-8(5-6-20-11)12(16)19-4-2/h5-7,15H,3-4H2,1-2H3,(H,13,14). The summed E-state index contributed by atoms with van der Waals surface area (Å²) in [6.07, 6.45) is 1.85. The number of thiophene rings is 1. The Morgan fingerprint density at radius 3 is 2.86 bits per heavy atom. The molecule has 0 saturated heterocycles. The van der Waals surface area contributed by atoms with Crippen molar-refractivity contribution in [1.82, 2.24) is 9.97 Å². The van der Waals surface area contributed by atoms with Crippen molar-refractivity contribution in [2.75, 3.05) is 11.3 Å². The molecule has 0 aromatic carbocycles. The van der Waals surface area contributed by atoms with Crippen molar-refractivity contribution in [1.29, 1.82) is 0 Å². The number of sulfonamides is 1. The number of aromatic amines is 1. The lowest BCUT2D eigenvalue weighted by Crippen LogP contribution is -2.15. The number of H-pyrrole nitrogens is 1. The number of carbonyl (C=O) groups excluding carboxylic acids is 1. The lowest BCUT2D eigenvalue weighted by Gasteiger charge is -2.06. The molecule has 2 heterocycles. The van der Waals surface area contributed by atoms with Crippen LogP contribution in [0.5, 0.6) is 0 Å². The van der Waals surface area contributed by atoms with Gasteiger partial charge in [-0.05, 0) is 18.4 Å². The average molecular weight is 329 g/mol. The largest absolute Gasteiger partial charge is 0.462 e. The van der Waals surface area contributed by atoms with Gasteiger partial charge in [-0.3, -0.25) is 4.72 Å². The lowest BCUT2D eigenvalue weighted by molar-refractivity contribution is 0.0528. The number of carbonyl (C=O) groups is 1. The third-order valence-corrected chi connectivity index (χ3v) is 4.84. The highest BCUT2D eigenvalue weighted by Crippen LogP contribution is 2.26. The maximum absolute atomic E-state index is 12.2. The predicted molar refractivity (Wildman–Crippen MR) is 79.0 cm³/mol. The van der Waals surface area contributed by atoms with Gasteiger partial charge >= 0.3 is 5.97 Å². The summed E-state index contributed by atoms with van der Waals surface area (Å²) in [4.78, 5) is 18.4. The van der Waals surface area contributed by atoms with E-state index in [0.717, 1.165) is 11.3 Å². The quantitative estimate of drug-likeness (QED) is 0.790. The molecule has 0 aliphatic heterocycles. The molecule has 2 aromatic heterocycles. The molecule has 114 valence electrons. The molecule has 9 heteroatoms. The van der Waals surface area contributed by atoms with Gasteiger partial charge in [0.1, 0.15) is 10.8 Å². The first-order valence-corrected chi connectivity index (χ1v) is 8.65. The van der Waals surface area contributed by atoms with Gasteiger partial charge < -0.3 is 9.72 Å². The molecule has 2 rings (SSSR count). The number of hydrogen-bond donors (Lipinski definition) is 2. The van der Waals surface area contributed by atoms with Crippen molar-refractivity contribution in [3.8, 4) is 0 Å². The Kier molecular flexibility index (Phi) is 4.63. The van der Waals surface area contributed by atoms with E-state index < -0.39 is 16.0 Å². The van der Waals surface area contributed by atoms with Crippen LogP contribution in [-0.4, -0.2) is 31.0 Å². The van der Waals surface area contributed by atoms with Crippen molar-refractivity contribution < 1.29 is 17.9 Å². The minimum absolute atomic E-state index is 0.0393. The van der Waals surface area contributed by atoms with Gasteiger partial charge in [0.2, 0.25) is 0 Å². The maximum atomic E-state index is 12.2. The normalized spacial score (nSPS) is 11.3. The highest BCUT2D eigenvalue weighted by Gasteiger charge is 2.22. The van der Waals surface area contributed by atoms with Crippen LogP contribution in [0.4, 0.5) is 5.00 Å². The van der Waals surface area contributed by atoms with Crippen LogP contribution >= 0.6 is 11.3 Å². The fourth-order valence-electron chi connectivity index (χ4n) is 1.59. The first-order valence-electron chi connectivity index (χ1n) is 6.29. The van der Waals surface area contributed by atoms with Crippen molar-refractivity contribution in [3.63, 3.8) is 0 Å². The molecule has 7 nitrogen and oxygen atoms in total. The molecule has 0 bridgehead atoms. The summed E-state index contributed by atoms with van der Waals surface area (Å²) in [5, 5.41) is 1.80. The van der Waals surface area contributed by atoms with Gasteiger partial charge in [-0.2, -0.15) is 8.42 Å². The second-order valence-corrected chi connectivity index (χ2v) is 6.60. The van der Waals surface area contributed by atoms with Gasteiger partial charge in [0.15, 0.2) is 5.03 Å². The summed E-state index contributed by atoms with van der Waals surface area (Å²) in [7, 11) is -3.81. The Labute approximate surface area is 126 Å². The van der Waals surface area contributed by atoms with E-state index in [9.17, 15) is 13.2 Å². The maximum Gasteiger partial charge on any atom is 0.341 e. The van der Waals surface area contributed by atoms with E-state index in [1.54, 1.807) is 12.3 Å². The second-order valence-electron chi connectivity index (χ2n) is 4.04. The van der Waals surface area contributed by atoms with Gasteiger partial charge in [-0.25, -0.2) is 9.78 Å². The number of rotatable bonds is 6. The molecule has 2 N–H and O–H groups in total. The van der Waals surface area contributed by atoms with Crippen LogP contribution in [0, 0.1) is 0 Å². The Morgan fingerprint density at radius 2 is 2.24 bits per heavy atom. The van der Waals surface area contributed by atoms with E-state index >= 15 is 0 Å². The molecule has 0 spiro atoms. The van der Waals surface area contributed by atoms with Crippen LogP contribution in [-0.2, 0) is 21.2 Å². The SMILES string of the molecule is CCOC(=O)c1ccsc1NS(=O)(=O)c1cnc(CC)[nH]1. The Hall–Kier alpha value is -1.87. The van der Waals surface area contributed by atoms with Crippen LogP contribution in [0.25, 0.3) is 0 Å². The molecular weight excluding hydrogens is 314 g/mol. The van der Waals surface area contributed by atoms with E-state index in [0.29, 0.717) is 12.2 Å². The van der Waals surface area contributed by atoms with Crippen molar-refractivity contribution in [2.24, 2.45) is 0 Å². The van der Waals surface area contributed by atoms with Crippen LogP contribution < -0.4 is 4.72 Å². The predicted octanol–water partition coefficient (Wildman–Crippen LogP) is 2.01. The monoisotopic (exact) mass is 329 g/mol. The zero-order valence-electron chi connectivity index (χ0n) is 11.5. The van der Waals surface area contributed by atoms with Gasteiger partial charge in [0.05, 0.1) is 18.4 Å². The number of aryl methyl sites for hydroxylation is 1. The summed E-state index contributed by atoms with van der Waals surface area (Å²) in [6.45, 7) is 3.77. The summed E-state index contributed by atoms with van der Waals surface area (Å²) in [5.41, 5.74) is 0.195. The van der Waals surface area contributed by atoms with Gasteiger partial charge in [-0.15, -0.1) is 11.3 Å². The van der Waals surface area contributed by atoms with Crippen LogP contribution in [0.15, 0.2) is 22.7 Å². The number of imidazole rings is 1. The molecule has 2 aromatic rings. The van der Waals surface area contributed by atoms with Crippen LogP contribution in [0.2, 0.25) is 0 Å². The molecule has 0 aliphatic carbocycles. The van der Waals surface area contributed by atoms with Crippen LogP contribution in [0.3, 0.4) is 0 Å². The molecule has 0 unspecified atom stereocenters. The molecule has 0 atom stereocenters. The Morgan fingerprint density at radius 1 is 1.48 bits per heavy atom. The van der Waals surface area contributed by atoms with Gasteiger partial charge in [0.25, 0.3) is 10.0 Å². The number of esters is 1. The number of anilines is 1. The third-order valence-electron chi connectivity index (χ3n) is 2.62. The summed E-state index contributed by atoms with van der Waals surface area (Å²) < 4.78 is 31.7. The van der Waals surface area contributed by atoms with E-state index in [1.807, 2.05) is 6.92 Å². The fraction of sp³-hybridized carbons (Fsp3) is 0.333. The van der Waals surface area contributed by atoms with Gasteiger partial charge in [0, 0.05) is 6.42 Å². The zero-order valence-corrected chi connectivity index (χ0v) is 13.2. The highest BCUT2D eigenvalue weighted by atomic mass is 32.2. The topological polar surface area (TPSA) is 101 Å². The summed E-state index contributed by atoms with van der Waals surface area (Å²) in [5.74, 6) is 0.0162.